The molecule has 0 saturated carbocycles. The summed E-state index contributed by atoms with van der Waals surface area (Å²) in [6.07, 6.45) is 6.03. The summed E-state index contributed by atoms with van der Waals surface area (Å²) >= 11 is 1.89. The van der Waals surface area contributed by atoms with Crippen LogP contribution in [0.1, 0.15) is 17.0 Å². The van der Waals surface area contributed by atoms with Crippen LogP contribution in [0, 0.1) is 11.3 Å². The number of allylic oxidation sites excluding steroid dienone is 4. The highest BCUT2D eigenvalue weighted by Gasteiger charge is 2.38. The standard InChI is InChI=1S/C31H23NS/c32-20-24-16-17-26(22-12-6-2-7-13-22)31-29(24)28-19-25(21-10-4-1-5-11-21)18-27(30(28)33-31)23-14-8-3-9-15-23/h1-20,24,29,32H. The molecule has 158 valence electrons. The highest BCUT2D eigenvalue weighted by molar-refractivity contribution is 8.03. The first-order valence-corrected chi connectivity index (χ1v) is 12.1. The van der Waals surface area contributed by atoms with Gasteiger partial charge < -0.3 is 5.41 Å². The van der Waals surface area contributed by atoms with E-state index in [0.717, 1.165) is 0 Å². The third-order valence-electron chi connectivity index (χ3n) is 6.55. The van der Waals surface area contributed by atoms with E-state index in [2.05, 4.69) is 115 Å². The highest BCUT2D eigenvalue weighted by Crippen LogP contribution is 2.59. The summed E-state index contributed by atoms with van der Waals surface area (Å²) in [6, 6.07) is 36.7. The lowest BCUT2D eigenvalue weighted by Crippen LogP contribution is -2.14. The smallest absolute Gasteiger partial charge is 0.0283 e. The van der Waals surface area contributed by atoms with Gasteiger partial charge in [-0.2, -0.15) is 0 Å². The minimum absolute atomic E-state index is 0.0656. The van der Waals surface area contributed by atoms with Crippen LogP contribution in [-0.2, 0) is 0 Å². The Balaban J connectivity index is 1.61. The molecule has 1 aliphatic carbocycles. The van der Waals surface area contributed by atoms with E-state index < -0.39 is 0 Å². The fraction of sp³-hybridized carbons (Fsp3) is 0.0645. The summed E-state index contributed by atoms with van der Waals surface area (Å²) in [7, 11) is 0. The van der Waals surface area contributed by atoms with Crippen LogP contribution in [0.5, 0.6) is 0 Å². The van der Waals surface area contributed by atoms with Crippen molar-refractivity contribution >= 4 is 23.5 Å². The van der Waals surface area contributed by atoms with Crippen LogP contribution in [0.15, 0.2) is 125 Å². The molecule has 0 bridgehead atoms. The number of rotatable bonds is 4. The van der Waals surface area contributed by atoms with Crippen molar-refractivity contribution in [1.29, 1.82) is 5.41 Å². The van der Waals surface area contributed by atoms with Crippen molar-refractivity contribution in [3.05, 3.63) is 131 Å². The highest BCUT2D eigenvalue weighted by atomic mass is 32.2. The van der Waals surface area contributed by atoms with Crippen molar-refractivity contribution < 1.29 is 0 Å². The van der Waals surface area contributed by atoms with E-state index in [1.54, 1.807) is 6.21 Å². The van der Waals surface area contributed by atoms with E-state index in [-0.39, 0.29) is 11.8 Å². The molecule has 0 radical (unpaired) electrons. The number of benzene rings is 4. The Morgan fingerprint density at radius 1 is 0.667 bits per heavy atom. The molecule has 2 heteroatoms. The van der Waals surface area contributed by atoms with Gasteiger partial charge in [0.25, 0.3) is 0 Å². The maximum absolute atomic E-state index is 8.19. The number of fused-ring (bicyclic) bond motifs is 3. The molecule has 1 N–H and O–H groups in total. The van der Waals surface area contributed by atoms with Gasteiger partial charge in [-0.05, 0) is 51.1 Å². The molecule has 0 fully saturated rings. The van der Waals surface area contributed by atoms with Gasteiger partial charge in [0.05, 0.1) is 0 Å². The Kier molecular flexibility index (Phi) is 5.09. The van der Waals surface area contributed by atoms with E-state index in [1.807, 2.05) is 11.8 Å². The minimum atomic E-state index is 0.0656. The molecule has 4 aromatic carbocycles. The van der Waals surface area contributed by atoms with Crippen LogP contribution >= 0.6 is 11.8 Å². The van der Waals surface area contributed by atoms with E-state index >= 15 is 0 Å². The maximum Gasteiger partial charge on any atom is 0.0283 e. The van der Waals surface area contributed by atoms with E-state index in [1.165, 1.54) is 48.8 Å². The second kappa shape index (κ2) is 8.38. The normalized spacial score (nSPS) is 18.7. The molecule has 1 heterocycles. The SMILES string of the molecule is N=CC1C=CC(c2ccccc2)=C2Sc3c(-c4ccccc4)cc(-c4ccccc4)cc3C21. The quantitative estimate of drug-likeness (QED) is 0.316. The molecule has 6 rings (SSSR count). The number of nitrogens with one attached hydrogen (secondary N) is 1. The third-order valence-corrected chi connectivity index (χ3v) is 7.91. The maximum atomic E-state index is 8.19. The summed E-state index contributed by atoms with van der Waals surface area (Å²) in [5.74, 6) is 0.240. The summed E-state index contributed by atoms with van der Waals surface area (Å²) < 4.78 is 0. The van der Waals surface area contributed by atoms with Crippen molar-refractivity contribution in [3.63, 3.8) is 0 Å². The van der Waals surface area contributed by atoms with Gasteiger partial charge in [0.2, 0.25) is 0 Å². The van der Waals surface area contributed by atoms with Crippen molar-refractivity contribution in [2.24, 2.45) is 5.92 Å². The largest absolute Gasteiger partial charge is 0.312 e. The number of hydrogen-bond donors (Lipinski definition) is 1. The monoisotopic (exact) mass is 441 g/mol. The van der Waals surface area contributed by atoms with Crippen LogP contribution in [0.2, 0.25) is 0 Å². The molecule has 2 aliphatic rings. The Morgan fingerprint density at radius 2 is 1.27 bits per heavy atom. The second-order valence-corrected chi connectivity index (χ2v) is 9.55. The van der Waals surface area contributed by atoms with E-state index in [4.69, 9.17) is 5.41 Å². The lowest BCUT2D eigenvalue weighted by Gasteiger charge is -2.25. The zero-order chi connectivity index (χ0) is 22.2. The first-order chi connectivity index (χ1) is 16.3. The van der Waals surface area contributed by atoms with Crippen molar-refractivity contribution in [2.75, 3.05) is 0 Å². The van der Waals surface area contributed by atoms with Crippen LogP contribution in [0.4, 0.5) is 0 Å². The topological polar surface area (TPSA) is 23.9 Å². The third kappa shape index (κ3) is 3.48. The van der Waals surface area contributed by atoms with Crippen LogP contribution in [-0.4, -0.2) is 6.21 Å². The van der Waals surface area contributed by atoms with Gasteiger partial charge in [-0.3, -0.25) is 0 Å². The first-order valence-electron chi connectivity index (χ1n) is 11.3. The van der Waals surface area contributed by atoms with Crippen LogP contribution in [0.3, 0.4) is 0 Å². The van der Waals surface area contributed by atoms with Crippen LogP contribution < -0.4 is 0 Å². The van der Waals surface area contributed by atoms with Gasteiger partial charge in [-0.15, -0.1) is 0 Å². The number of hydrogen-bond acceptors (Lipinski definition) is 2. The predicted octanol–water partition coefficient (Wildman–Crippen LogP) is 8.46. The Morgan fingerprint density at radius 3 is 1.91 bits per heavy atom. The zero-order valence-electron chi connectivity index (χ0n) is 18.1. The van der Waals surface area contributed by atoms with Gasteiger partial charge in [0.15, 0.2) is 0 Å². The van der Waals surface area contributed by atoms with Crippen molar-refractivity contribution in [1.82, 2.24) is 0 Å². The Hall–Kier alpha value is -3.62. The molecular formula is C31H23NS. The summed E-state index contributed by atoms with van der Waals surface area (Å²) in [5, 5.41) is 8.19. The summed E-state index contributed by atoms with van der Waals surface area (Å²) in [6.45, 7) is 0. The fourth-order valence-electron chi connectivity index (χ4n) is 4.95. The zero-order valence-corrected chi connectivity index (χ0v) is 18.9. The van der Waals surface area contributed by atoms with Crippen molar-refractivity contribution in [2.45, 2.75) is 10.8 Å². The second-order valence-electron chi connectivity index (χ2n) is 8.50. The lowest BCUT2D eigenvalue weighted by atomic mass is 9.78. The molecule has 0 saturated heterocycles. The van der Waals surface area contributed by atoms with Crippen LogP contribution in [0.25, 0.3) is 27.8 Å². The molecule has 2 unspecified atom stereocenters. The molecule has 1 nitrogen and oxygen atoms in total. The average molecular weight is 442 g/mol. The molecule has 0 spiro atoms. The predicted molar refractivity (Wildman–Crippen MR) is 141 cm³/mol. The Labute approximate surface area is 199 Å². The van der Waals surface area contributed by atoms with E-state index in [9.17, 15) is 0 Å². The molecule has 33 heavy (non-hydrogen) atoms. The van der Waals surface area contributed by atoms with Crippen molar-refractivity contribution in [3.8, 4) is 22.3 Å². The Bertz CT molecular complexity index is 1390. The van der Waals surface area contributed by atoms with E-state index in [0.29, 0.717) is 0 Å². The lowest BCUT2D eigenvalue weighted by molar-refractivity contribution is 0.737. The minimum Gasteiger partial charge on any atom is -0.312 e. The average Bonchev–Trinajstić information content (AvgIpc) is 3.29. The van der Waals surface area contributed by atoms with Gasteiger partial charge in [0, 0.05) is 27.9 Å². The first kappa shape index (κ1) is 20.0. The molecular weight excluding hydrogens is 418 g/mol. The summed E-state index contributed by atoms with van der Waals surface area (Å²) in [5.41, 5.74) is 8.81. The molecule has 0 aromatic heterocycles. The summed E-state index contributed by atoms with van der Waals surface area (Å²) in [4.78, 5) is 2.68. The number of thioether (sulfide) groups is 1. The molecule has 0 amide bonds. The van der Waals surface area contributed by atoms with Gasteiger partial charge in [-0.25, -0.2) is 0 Å². The molecule has 4 aromatic rings. The van der Waals surface area contributed by atoms with Gasteiger partial charge in [-0.1, -0.05) is 115 Å². The van der Waals surface area contributed by atoms with Gasteiger partial charge in [0.1, 0.15) is 0 Å². The molecule has 2 atom stereocenters. The fourth-order valence-corrected chi connectivity index (χ4v) is 6.47. The van der Waals surface area contributed by atoms with Gasteiger partial charge >= 0.3 is 0 Å². The molecule has 1 aliphatic heterocycles.